The smallest absolute Gasteiger partial charge is 0.305 e. The van der Waals surface area contributed by atoms with E-state index in [1.807, 2.05) is 24.3 Å². The van der Waals surface area contributed by atoms with Gasteiger partial charge in [0, 0.05) is 12.6 Å². The van der Waals surface area contributed by atoms with E-state index in [2.05, 4.69) is 18.7 Å². The normalized spacial score (nSPS) is 12.7. The molecule has 100 valence electrons. The second kappa shape index (κ2) is 7.13. The Bertz CT molecular complexity index is 389. The standard InChI is InChI=1S/C14H22N2O2/c1-3-16(4-2)10-11-7-5-6-8-12(11)13(15)9-14(17)18/h5-8,13H,3-4,9-10,15H2,1-2H3,(H,17,18). The number of benzene rings is 1. The zero-order valence-electron chi connectivity index (χ0n) is 11.1. The minimum atomic E-state index is -0.861. The molecule has 0 aliphatic carbocycles. The number of hydrogen-bond donors (Lipinski definition) is 2. The fourth-order valence-electron chi connectivity index (χ4n) is 2.03. The summed E-state index contributed by atoms with van der Waals surface area (Å²) < 4.78 is 0. The summed E-state index contributed by atoms with van der Waals surface area (Å²) in [5.41, 5.74) is 8.01. The van der Waals surface area contributed by atoms with Gasteiger partial charge in [-0.1, -0.05) is 38.1 Å². The third kappa shape index (κ3) is 4.13. The SMILES string of the molecule is CCN(CC)Cc1ccccc1C(N)CC(=O)O. The number of carbonyl (C=O) groups is 1. The van der Waals surface area contributed by atoms with Crippen LogP contribution < -0.4 is 5.73 Å². The monoisotopic (exact) mass is 250 g/mol. The summed E-state index contributed by atoms with van der Waals surface area (Å²) in [6, 6.07) is 7.38. The molecule has 1 rings (SSSR count). The minimum Gasteiger partial charge on any atom is -0.481 e. The van der Waals surface area contributed by atoms with E-state index in [0.29, 0.717) is 0 Å². The lowest BCUT2D eigenvalue weighted by molar-refractivity contribution is -0.137. The molecule has 18 heavy (non-hydrogen) atoms. The van der Waals surface area contributed by atoms with Crippen LogP contribution in [0.3, 0.4) is 0 Å². The molecule has 0 fully saturated rings. The molecule has 0 saturated heterocycles. The second-order valence-corrected chi connectivity index (χ2v) is 4.36. The molecule has 4 heteroatoms. The molecule has 0 spiro atoms. The summed E-state index contributed by atoms with van der Waals surface area (Å²) in [7, 11) is 0. The number of rotatable bonds is 7. The van der Waals surface area contributed by atoms with Crippen LogP contribution in [0.4, 0.5) is 0 Å². The first kappa shape index (κ1) is 14.7. The van der Waals surface area contributed by atoms with Crippen LogP contribution in [-0.4, -0.2) is 29.1 Å². The molecule has 1 atom stereocenters. The van der Waals surface area contributed by atoms with Crippen molar-refractivity contribution in [3.63, 3.8) is 0 Å². The number of carboxylic acids is 1. The summed E-state index contributed by atoms with van der Waals surface area (Å²) >= 11 is 0. The van der Waals surface area contributed by atoms with E-state index < -0.39 is 12.0 Å². The lowest BCUT2D eigenvalue weighted by Gasteiger charge is -2.22. The molecule has 0 bridgehead atoms. The Morgan fingerprint density at radius 2 is 1.94 bits per heavy atom. The second-order valence-electron chi connectivity index (χ2n) is 4.36. The summed E-state index contributed by atoms with van der Waals surface area (Å²) in [6.45, 7) is 6.99. The van der Waals surface area contributed by atoms with Crippen molar-refractivity contribution in [2.24, 2.45) is 5.73 Å². The Balaban J connectivity index is 2.88. The van der Waals surface area contributed by atoms with E-state index >= 15 is 0 Å². The first-order valence-corrected chi connectivity index (χ1v) is 6.36. The molecule has 1 unspecified atom stereocenters. The van der Waals surface area contributed by atoms with Crippen molar-refractivity contribution in [2.45, 2.75) is 32.9 Å². The van der Waals surface area contributed by atoms with Crippen molar-refractivity contribution in [3.8, 4) is 0 Å². The summed E-state index contributed by atoms with van der Waals surface area (Å²) in [4.78, 5) is 13.0. The highest BCUT2D eigenvalue weighted by atomic mass is 16.4. The topological polar surface area (TPSA) is 66.6 Å². The maximum atomic E-state index is 10.7. The Morgan fingerprint density at radius 1 is 1.33 bits per heavy atom. The molecule has 1 aromatic rings. The molecular weight excluding hydrogens is 228 g/mol. The fourth-order valence-corrected chi connectivity index (χ4v) is 2.03. The van der Waals surface area contributed by atoms with Gasteiger partial charge in [-0.25, -0.2) is 0 Å². The number of nitrogens with two attached hydrogens (primary N) is 1. The Kier molecular flexibility index (Phi) is 5.82. The summed E-state index contributed by atoms with van der Waals surface area (Å²) in [5.74, 6) is -0.861. The van der Waals surface area contributed by atoms with Crippen LogP contribution in [0.25, 0.3) is 0 Å². The van der Waals surface area contributed by atoms with Crippen molar-refractivity contribution in [1.82, 2.24) is 4.90 Å². The van der Waals surface area contributed by atoms with Crippen LogP contribution in [0.15, 0.2) is 24.3 Å². The quantitative estimate of drug-likeness (QED) is 0.776. The van der Waals surface area contributed by atoms with Gasteiger partial charge in [-0.2, -0.15) is 0 Å². The maximum Gasteiger partial charge on any atom is 0.305 e. The van der Waals surface area contributed by atoms with Crippen LogP contribution in [-0.2, 0) is 11.3 Å². The zero-order valence-corrected chi connectivity index (χ0v) is 11.1. The third-order valence-electron chi connectivity index (χ3n) is 3.14. The van der Waals surface area contributed by atoms with E-state index in [9.17, 15) is 4.79 Å². The van der Waals surface area contributed by atoms with Crippen LogP contribution in [0.5, 0.6) is 0 Å². The van der Waals surface area contributed by atoms with Crippen LogP contribution in [0, 0.1) is 0 Å². The molecule has 0 heterocycles. The highest BCUT2D eigenvalue weighted by molar-refractivity contribution is 5.68. The van der Waals surface area contributed by atoms with Gasteiger partial charge in [0.25, 0.3) is 0 Å². The average Bonchev–Trinajstić information content (AvgIpc) is 2.35. The van der Waals surface area contributed by atoms with Crippen LogP contribution in [0.1, 0.15) is 37.4 Å². The van der Waals surface area contributed by atoms with Gasteiger partial charge >= 0.3 is 5.97 Å². The molecule has 0 aliphatic heterocycles. The van der Waals surface area contributed by atoms with E-state index in [-0.39, 0.29) is 6.42 Å². The van der Waals surface area contributed by atoms with Crippen LogP contribution >= 0.6 is 0 Å². The third-order valence-corrected chi connectivity index (χ3v) is 3.14. The first-order valence-electron chi connectivity index (χ1n) is 6.36. The van der Waals surface area contributed by atoms with Gasteiger partial charge in [0.15, 0.2) is 0 Å². The summed E-state index contributed by atoms with van der Waals surface area (Å²) in [5, 5.41) is 8.82. The van der Waals surface area contributed by atoms with E-state index in [0.717, 1.165) is 30.8 Å². The lowest BCUT2D eigenvalue weighted by atomic mass is 9.98. The van der Waals surface area contributed by atoms with Gasteiger partial charge in [-0.05, 0) is 24.2 Å². The largest absolute Gasteiger partial charge is 0.481 e. The maximum absolute atomic E-state index is 10.7. The van der Waals surface area contributed by atoms with Crippen molar-refractivity contribution >= 4 is 5.97 Å². The van der Waals surface area contributed by atoms with Gasteiger partial charge in [-0.15, -0.1) is 0 Å². The van der Waals surface area contributed by atoms with Gasteiger partial charge in [0.2, 0.25) is 0 Å². The summed E-state index contributed by atoms with van der Waals surface area (Å²) in [6.07, 6.45) is -0.0325. The first-order chi connectivity index (χ1) is 8.58. The van der Waals surface area contributed by atoms with Gasteiger partial charge in [0.05, 0.1) is 6.42 Å². The minimum absolute atomic E-state index is 0.0325. The van der Waals surface area contributed by atoms with Gasteiger partial charge < -0.3 is 10.8 Å². The fraction of sp³-hybridized carbons (Fsp3) is 0.500. The molecular formula is C14H22N2O2. The molecule has 0 aliphatic rings. The Hall–Kier alpha value is -1.39. The van der Waals surface area contributed by atoms with Crippen LogP contribution in [0.2, 0.25) is 0 Å². The lowest BCUT2D eigenvalue weighted by Crippen LogP contribution is -2.24. The van der Waals surface area contributed by atoms with Gasteiger partial charge in [0.1, 0.15) is 0 Å². The highest BCUT2D eigenvalue weighted by Crippen LogP contribution is 2.20. The van der Waals surface area contributed by atoms with Crippen molar-refractivity contribution in [1.29, 1.82) is 0 Å². The Morgan fingerprint density at radius 3 is 2.50 bits per heavy atom. The highest BCUT2D eigenvalue weighted by Gasteiger charge is 2.15. The number of carboxylic acid groups (broad SMARTS) is 1. The number of nitrogens with zero attached hydrogens (tertiary/aromatic N) is 1. The molecule has 1 aromatic carbocycles. The van der Waals surface area contributed by atoms with Crippen molar-refractivity contribution in [2.75, 3.05) is 13.1 Å². The molecule has 0 aromatic heterocycles. The van der Waals surface area contributed by atoms with E-state index in [1.165, 1.54) is 0 Å². The Labute approximate surface area is 108 Å². The predicted molar refractivity (Wildman–Crippen MR) is 72.2 cm³/mol. The molecule has 4 nitrogen and oxygen atoms in total. The number of hydrogen-bond acceptors (Lipinski definition) is 3. The molecule has 0 radical (unpaired) electrons. The average molecular weight is 250 g/mol. The molecule has 0 saturated carbocycles. The number of aliphatic carboxylic acids is 1. The predicted octanol–water partition coefficient (Wildman–Crippen LogP) is 2.00. The molecule has 0 amide bonds. The van der Waals surface area contributed by atoms with E-state index in [4.69, 9.17) is 10.8 Å². The molecule has 3 N–H and O–H groups in total. The van der Waals surface area contributed by atoms with Crippen molar-refractivity contribution < 1.29 is 9.90 Å². The van der Waals surface area contributed by atoms with Crippen molar-refractivity contribution in [3.05, 3.63) is 35.4 Å². The zero-order chi connectivity index (χ0) is 13.5. The van der Waals surface area contributed by atoms with Gasteiger partial charge in [-0.3, -0.25) is 9.69 Å². The van der Waals surface area contributed by atoms with E-state index in [1.54, 1.807) is 0 Å².